The summed E-state index contributed by atoms with van der Waals surface area (Å²) in [5.41, 5.74) is 0. The van der Waals surface area contributed by atoms with Gasteiger partial charge in [-0.3, -0.25) is 0 Å². The van der Waals surface area contributed by atoms with Gasteiger partial charge in [0.05, 0.1) is 0 Å². The van der Waals surface area contributed by atoms with Gasteiger partial charge in [0, 0.05) is 10.8 Å². The van der Waals surface area contributed by atoms with Crippen molar-refractivity contribution in [1.82, 2.24) is 0 Å². The molecule has 10 heavy (non-hydrogen) atoms. The van der Waals surface area contributed by atoms with Gasteiger partial charge in [0.25, 0.3) is 0 Å². The molecule has 2 N–H and O–H groups in total. The van der Waals surface area contributed by atoms with Crippen LogP contribution in [0.4, 0.5) is 0 Å². The normalized spacial score (nSPS) is 14.0. The van der Waals surface area contributed by atoms with E-state index in [1.165, 1.54) is 0 Å². The van der Waals surface area contributed by atoms with Crippen LogP contribution in [0.1, 0.15) is 0 Å². The minimum atomic E-state index is 0. The lowest BCUT2D eigenvalue weighted by molar-refractivity contribution is 0.173. The van der Waals surface area contributed by atoms with Crippen molar-refractivity contribution >= 4 is 11.3 Å². The molecule has 0 fully saturated rings. The maximum atomic E-state index is 5.25. The van der Waals surface area contributed by atoms with Gasteiger partial charge in [-0.1, -0.05) is 0 Å². The van der Waals surface area contributed by atoms with Gasteiger partial charge in [0.1, 0.15) is 13.2 Å². The number of rotatable bonds is 0. The molecule has 2 rings (SSSR count). The van der Waals surface area contributed by atoms with Crippen LogP contribution in [-0.2, 0) is 0 Å². The highest BCUT2D eigenvalue weighted by molar-refractivity contribution is 7.08. The van der Waals surface area contributed by atoms with E-state index in [2.05, 4.69) is 0 Å². The molecule has 0 aromatic carbocycles. The van der Waals surface area contributed by atoms with Gasteiger partial charge in [-0.15, -0.1) is 11.3 Å². The quantitative estimate of drug-likeness (QED) is 0.560. The molecule has 1 aromatic rings. The lowest BCUT2D eigenvalue weighted by Gasteiger charge is -2.13. The van der Waals surface area contributed by atoms with Crippen molar-refractivity contribution in [3.63, 3.8) is 0 Å². The van der Waals surface area contributed by atoms with Crippen LogP contribution in [0.15, 0.2) is 10.8 Å². The van der Waals surface area contributed by atoms with Crippen molar-refractivity contribution in [3.8, 4) is 11.5 Å². The molecule has 0 radical (unpaired) electrons. The van der Waals surface area contributed by atoms with Crippen LogP contribution in [-0.4, -0.2) is 18.7 Å². The molecule has 0 spiro atoms. The molecule has 3 nitrogen and oxygen atoms in total. The Balaban J connectivity index is 0.000000500. The Hall–Kier alpha value is -0.740. The van der Waals surface area contributed by atoms with Gasteiger partial charge >= 0.3 is 0 Å². The van der Waals surface area contributed by atoms with Crippen LogP contribution in [0.25, 0.3) is 0 Å². The van der Waals surface area contributed by atoms with E-state index in [9.17, 15) is 0 Å². The number of hydrogen-bond acceptors (Lipinski definition) is 3. The Labute approximate surface area is 62.5 Å². The monoisotopic (exact) mass is 160 g/mol. The second-order valence-electron chi connectivity index (χ2n) is 1.80. The summed E-state index contributed by atoms with van der Waals surface area (Å²) < 4.78 is 10.5. The largest absolute Gasteiger partial charge is 0.485 e. The summed E-state index contributed by atoms with van der Waals surface area (Å²) in [6, 6.07) is 0. The predicted octanol–water partition coefficient (Wildman–Crippen LogP) is 0.695. The van der Waals surface area contributed by atoms with E-state index in [1.807, 2.05) is 10.8 Å². The molecule has 0 amide bonds. The molecule has 1 aliphatic rings. The Morgan fingerprint density at radius 3 is 2.10 bits per heavy atom. The van der Waals surface area contributed by atoms with Crippen molar-refractivity contribution in [2.45, 2.75) is 0 Å². The first-order valence-corrected chi connectivity index (χ1v) is 3.73. The highest BCUT2D eigenvalue weighted by Crippen LogP contribution is 2.33. The number of thiophene rings is 1. The molecule has 1 aliphatic heterocycles. The third kappa shape index (κ3) is 1.08. The predicted molar refractivity (Wildman–Crippen MR) is 38.9 cm³/mol. The minimum Gasteiger partial charge on any atom is -0.485 e. The molecule has 0 atom stereocenters. The van der Waals surface area contributed by atoms with E-state index in [-0.39, 0.29) is 5.48 Å². The molecular formula is C6H8O3S. The van der Waals surface area contributed by atoms with Gasteiger partial charge < -0.3 is 14.9 Å². The van der Waals surface area contributed by atoms with E-state index in [1.54, 1.807) is 11.3 Å². The van der Waals surface area contributed by atoms with Gasteiger partial charge in [0.2, 0.25) is 0 Å². The van der Waals surface area contributed by atoms with Gasteiger partial charge in [-0.2, -0.15) is 0 Å². The average Bonchev–Trinajstić information content (AvgIpc) is 2.33. The molecule has 56 valence electrons. The van der Waals surface area contributed by atoms with Crippen LogP contribution in [0.2, 0.25) is 0 Å². The van der Waals surface area contributed by atoms with E-state index in [0.29, 0.717) is 13.2 Å². The fourth-order valence-electron chi connectivity index (χ4n) is 0.787. The minimum absolute atomic E-state index is 0. The van der Waals surface area contributed by atoms with Crippen molar-refractivity contribution in [3.05, 3.63) is 10.8 Å². The number of ether oxygens (including phenoxy) is 2. The van der Waals surface area contributed by atoms with Crippen LogP contribution in [0.3, 0.4) is 0 Å². The standard InChI is InChI=1S/C6H6O2S.H2O/c1-2-8-6-4-9-3-5(6)7-1;/h3-4H,1-2H2;1H2. The maximum Gasteiger partial charge on any atom is 0.172 e. The summed E-state index contributed by atoms with van der Waals surface area (Å²) >= 11 is 1.61. The van der Waals surface area contributed by atoms with Crippen molar-refractivity contribution in [2.75, 3.05) is 13.2 Å². The molecule has 0 saturated heterocycles. The molecule has 0 saturated carbocycles. The van der Waals surface area contributed by atoms with E-state index >= 15 is 0 Å². The van der Waals surface area contributed by atoms with Gasteiger partial charge in [-0.25, -0.2) is 0 Å². The number of fused-ring (bicyclic) bond motifs is 1. The average molecular weight is 160 g/mol. The molecule has 1 aromatic heterocycles. The zero-order valence-electron chi connectivity index (χ0n) is 5.29. The SMILES string of the molecule is O.c1scc2c1OCCO2. The fourth-order valence-corrected chi connectivity index (χ4v) is 1.47. The Morgan fingerprint density at radius 2 is 1.60 bits per heavy atom. The molecule has 0 unspecified atom stereocenters. The third-order valence-electron chi connectivity index (χ3n) is 1.19. The van der Waals surface area contributed by atoms with Gasteiger partial charge in [-0.05, 0) is 0 Å². The van der Waals surface area contributed by atoms with Crippen molar-refractivity contribution < 1.29 is 14.9 Å². The second kappa shape index (κ2) is 2.90. The highest BCUT2D eigenvalue weighted by atomic mass is 32.1. The molecule has 0 bridgehead atoms. The van der Waals surface area contributed by atoms with Crippen molar-refractivity contribution in [1.29, 1.82) is 0 Å². The summed E-state index contributed by atoms with van der Waals surface area (Å²) in [5, 5.41) is 3.91. The molecular weight excluding hydrogens is 152 g/mol. The summed E-state index contributed by atoms with van der Waals surface area (Å²) in [4.78, 5) is 0. The van der Waals surface area contributed by atoms with Crippen LogP contribution >= 0.6 is 11.3 Å². The second-order valence-corrected chi connectivity index (χ2v) is 2.54. The van der Waals surface area contributed by atoms with Crippen LogP contribution in [0.5, 0.6) is 11.5 Å². The first kappa shape index (κ1) is 7.37. The van der Waals surface area contributed by atoms with E-state index in [0.717, 1.165) is 11.5 Å². The zero-order valence-corrected chi connectivity index (χ0v) is 6.11. The Kier molecular flexibility index (Phi) is 2.13. The van der Waals surface area contributed by atoms with Gasteiger partial charge in [0.15, 0.2) is 11.5 Å². The Bertz CT molecular complexity index is 188. The van der Waals surface area contributed by atoms with E-state index < -0.39 is 0 Å². The first-order chi connectivity index (χ1) is 4.47. The number of hydrogen-bond donors (Lipinski definition) is 0. The zero-order chi connectivity index (χ0) is 6.10. The summed E-state index contributed by atoms with van der Waals surface area (Å²) in [5.74, 6) is 1.79. The molecule has 2 heterocycles. The summed E-state index contributed by atoms with van der Waals surface area (Å²) in [6.07, 6.45) is 0. The highest BCUT2D eigenvalue weighted by Gasteiger charge is 2.10. The lowest BCUT2D eigenvalue weighted by Crippen LogP contribution is -2.13. The fraction of sp³-hybridized carbons (Fsp3) is 0.333. The smallest absolute Gasteiger partial charge is 0.172 e. The summed E-state index contributed by atoms with van der Waals surface area (Å²) in [7, 11) is 0. The van der Waals surface area contributed by atoms with Crippen LogP contribution in [0, 0.1) is 0 Å². The van der Waals surface area contributed by atoms with Crippen LogP contribution < -0.4 is 9.47 Å². The van der Waals surface area contributed by atoms with Crippen molar-refractivity contribution in [2.24, 2.45) is 0 Å². The topological polar surface area (TPSA) is 50.0 Å². The van der Waals surface area contributed by atoms with E-state index in [4.69, 9.17) is 9.47 Å². The molecule has 0 aliphatic carbocycles. The summed E-state index contributed by atoms with van der Waals surface area (Å²) in [6.45, 7) is 1.37. The molecule has 4 heteroatoms. The maximum absolute atomic E-state index is 5.25. The third-order valence-corrected chi connectivity index (χ3v) is 1.89. The lowest BCUT2D eigenvalue weighted by atomic mass is 10.5. The first-order valence-electron chi connectivity index (χ1n) is 2.78. The Morgan fingerprint density at radius 1 is 1.10 bits per heavy atom.